The number of ether oxygens (including phenoxy) is 1. The molecule has 0 saturated heterocycles. The zero-order chi connectivity index (χ0) is 27.2. The lowest BCUT2D eigenvalue weighted by atomic mass is 9.57. The van der Waals surface area contributed by atoms with E-state index in [1.54, 1.807) is 12.1 Å². The molecule has 202 valence electrons. The fraction of sp³-hybridized carbons (Fsp3) is 0.393. The zero-order valence-corrected chi connectivity index (χ0v) is 21.5. The SMILES string of the molecule is CCCn1c(C23CCC(Nc4ccc(C(=O)O)cn4)(CC2)CC3)nc2nc(Oc3ccc(F)cc3)[nH]c(=O)c21. The molecule has 4 aromatic rings. The van der Waals surface area contributed by atoms with Crippen molar-refractivity contribution in [3.63, 3.8) is 0 Å². The quantitative estimate of drug-likeness (QED) is 0.288. The van der Waals surface area contributed by atoms with Gasteiger partial charge in [-0.25, -0.2) is 19.2 Å². The Bertz CT molecular complexity index is 1570. The number of nitrogens with one attached hydrogen (secondary N) is 2. The van der Waals surface area contributed by atoms with Gasteiger partial charge in [0.2, 0.25) is 0 Å². The average molecular weight is 533 g/mol. The first-order valence-electron chi connectivity index (χ1n) is 13.2. The van der Waals surface area contributed by atoms with Crippen molar-refractivity contribution in [3.05, 3.63) is 70.2 Å². The molecule has 0 spiro atoms. The minimum atomic E-state index is -0.996. The Kier molecular flexibility index (Phi) is 6.08. The topological polar surface area (TPSA) is 135 Å². The minimum Gasteiger partial charge on any atom is -0.478 e. The normalized spacial score (nSPS) is 22.2. The van der Waals surface area contributed by atoms with Gasteiger partial charge in [-0.05, 0) is 81.3 Å². The molecule has 1 aromatic carbocycles. The van der Waals surface area contributed by atoms with Crippen LogP contribution >= 0.6 is 0 Å². The van der Waals surface area contributed by atoms with Gasteiger partial charge in [-0.2, -0.15) is 4.98 Å². The number of aromatic nitrogens is 5. The van der Waals surface area contributed by atoms with Gasteiger partial charge in [-0.1, -0.05) is 6.92 Å². The fourth-order valence-corrected chi connectivity index (χ4v) is 6.11. The molecule has 3 aliphatic carbocycles. The van der Waals surface area contributed by atoms with E-state index in [1.165, 1.54) is 30.5 Å². The number of halogens is 1. The standard InChI is InChI=1S/C28H29FN6O4/c1-2-15-35-21-22(32-26(33-23(21)36)39-19-6-4-18(29)5-7-19)31-25(35)27-9-12-28(13-10-27,14-11-27)34-20-8-3-17(16-30-20)24(37)38/h3-8,16H,2,9-15H2,1H3,(H,30,34)(H,37,38)(H,32,33,36). The first-order chi connectivity index (χ1) is 18.8. The molecule has 39 heavy (non-hydrogen) atoms. The second-order valence-electron chi connectivity index (χ2n) is 10.6. The summed E-state index contributed by atoms with van der Waals surface area (Å²) in [6.45, 7) is 2.72. The van der Waals surface area contributed by atoms with E-state index in [-0.39, 0.29) is 33.9 Å². The maximum Gasteiger partial charge on any atom is 0.337 e. The van der Waals surface area contributed by atoms with Crippen LogP contribution in [0.3, 0.4) is 0 Å². The zero-order valence-electron chi connectivity index (χ0n) is 21.5. The number of benzene rings is 1. The number of carboxylic acids is 1. The summed E-state index contributed by atoms with van der Waals surface area (Å²) in [6, 6.07) is 8.80. The third-order valence-corrected chi connectivity index (χ3v) is 8.19. The highest BCUT2D eigenvalue weighted by Crippen LogP contribution is 2.54. The molecule has 2 bridgehead atoms. The number of anilines is 1. The number of fused-ring (bicyclic) bond motifs is 4. The molecule has 3 fully saturated rings. The smallest absolute Gasteiger partial charge is 0.337 e. The van der Waals surface area contributed by atoms with Gasteiger partial charge in [0, 0.05) is 23.7 Å². The third kappa shape index (κ3) is 4.51. The minimum absolute atomic E-state index is 0.0150. The van der Waals surface area contributed by atoms with E-state index in [0.29, 0.717) is 29.3 Å². The number of nitrogens with zero attached hydrogens (tertiary/aromatic N) is 4. The van der Waals surface area contributed by atoms with Crippen LogP contribution in [0, 0.1) is 5.82 Å². The van der Waals surface area contributed by atoms with Gasteiger partial charge in [0.1, 0.15) is 23.2 Å². The fourth-order valence-electron chi connectivity index (χ4n) is 6.11. The highest BCUT2D eigenvalue weighted by Gasteiger charge is 2.51. The molecule has 3 aromatic heterocycles. The second-order valence-corrected chi connectivity index (χ2v) is 10.6. The highest BCUT2D eigenvalue weighted by molar-refractivity contribution is 5.87. The van der Waals surface area contributed by atoms with Gasteiger partial charge in [0.05, 0.1) is 5.56 Å². The molecule has 3 N–H and O–H groups in total. The number of carboxylic acid groups (broad SMARTS) is 1. The Morgan fingerprint density at radius 2 is 1.82 bits per heavy atom. The molecule has 3 aliphatic rings. The number of pyridine rings is 1. The summed E-state index contributed by atoms with van der Waals surface area (Å²) in [5.74, 6) is 0.560. The summed E-state index contributed by atoms with van der Waals surface area (Å²) in [7, 11) is 0. The van der Waals surface area contributed by atoms with Crippen molar-refractivity contribution >= 4 is 23.0 Å². The van der Waals surface area contributed by atoms with Crippen molar-refractivity contribution in [2.24, 2.45) is 0 Å². The Morgan fingerprint density at radius 3 is 2.44 bits per heavy atom. The third-order valence-electron chi connectivity index (χ3n) is 8.19. The molecule has 0 amide bonds. The van der Waals surface area contributed by atoms with Crippen LogP contribution in [-0.2, 0) is 12.0 Å². The predicted octanol–water partition coefficient (Wildman–Crippen LogP) is 5.01. The molecule has 0 aliphatic heterocycles. The Balaban J connectivity index is 1.28. The maximum absolute atomic E-state index is 13.3. The number of rotatable bonds is 8. The summed E-state index contributed by atoms with van der Waals surface area (Å²) in [4.78, 5) is 40.8. The molecule has 0 radical (unpaired) electrons. The van der Waals surface area contributed by atoms with E-state index in [0.717, 1.165) is 50.8 Å². The highest BCUT2D eigenvalue weighted by atomic mass is 19.1. The summed E-state index contributed by atoms with van der Waals surface area (Å²) in [5.41, 5.74) is 0.359. The molecule has 0 unspecified atom stereocenters. The van der Waals surface area contributed by atoms with Crippen LogP contribution in [0.2, 0.25) is 0 Å². The van der Waals surface area contributed by atoms with E-state index in [1.807, 2.05) is 4.57 Å². The van der Waals surface area contributed by atoms with Crippen molar-refractivity contribution in [1.29, 1.82) is 0 Å². The van der Waals surface area contributed by atoms with E-state index in [4.69, 9.17) is 14.8 Å². The lowest BCUT2D eigenvalue weighted by Crippen LogP contribution is -2.53. The van der Waals surface area contributed by atoms with Gasteiger partial charge < -0.3 is 19.7 Å². The van der Waals surface area contributed by atoms with E-state index >= 15 is 0 Å². The number of carbonyl (C=O) groups is 1. The molecule has 0 atom stereocenters. The van der Waals surface area contributed by atoms with Gasteiger partial charge in [-0.15, -0.1) is 0 Å². The number of aromatic carboxylic acids is 1. The van der Waals surface area contributed by atoms with Crippen molar-refractivity contribution < 1.29 is 19.0 Å². The van der Waals surface area contributed by atoms with E-state index in [2.05, 4.69) is 27.2 Å². The second kappa shape index (κ2) is 9.48. The molecule has 3 heterocycles. The van der Waals surface area contributed by atoms with Crippen LogP contribution < -0.4 is 15.6 Å². The molecule has 11 heteroatoms. The predicted molar refractivity (Wildman–Crippen MR) is 142 cm³/mol. The monoisotopic (exact) mass is 532 g/mol. The first kappa shape index (κ1) is 25.0. The van der Waals surface area contributed by atoms with Crippen LogP contribution in [0.4, 0.5) is 10.2 Å². The molecule has 3 saturated carbocycles. The Hall–Kier alpha value is -4.28. The number of hydrogen-bond donors (Lipinski definition) is 3. The van der Waals surface area contributed by atoms with Gasteiger partial charge in [0.25, 0.3) is 5.56 Å². The number of hydrogen-bond acceptors (Lipinski definition) is 7. The Labute approximate surface area is 223 Å². The Morgan fingerprint density at radius 1 is 1.10 bits per heavy atom. The van der Waals surface area contributed by atoms with E-state index < -0.39 is 5.97 Å². The van der Waals surface area contributed by atoms with Gasteiger partial charge >= 0.3 is 12.0 Å². The summed E-state index contributed by atoms with van der Waals surface area (Å²) in [5, 5.41) is 12.7. The first-order valence-corrected chi connectivity index (χ1v) is 13.2. The van der Waals surface area contributed by atoms with Crippen LogP contribution in [0.15, 0.2) is 47.4 Å². The van der Waals surface area contributed by atoms with Crippen LogP contribution in [-0.4, -0.2) is 41.1 Å². The van der Waals surface area contributed by atoms with Crippen LogP contribution in [0.1, 0.15) is 68.1 Å². The summed E-state index contributed by atoms with van der Waals surface area (Å²) >= 11 is 0. The molecule has 10 nitrogen and oxygen atoms in total. The van der Waals surface area contributed by atoms with Gasteiger partial charge in [-0.3, -0.25) is 9.78 Å². The van der Waals surface area contributed by atoms with Crippen molar-refractivity contribution in [1.82, 2.24) is 24.5 Å². The summed E-state index contributed by atoms with van der Waals surface area (Å²) in [6.07, 6.45) is 7.65. The molecule has 7 rings (SSSR count). The van der Waals surface area contributed by atoms with Crippen molar-refractivity contribution in [2.45, 2.75) is 69.4 Å². The van der Waals surface area contributed by atoms with Crippen LogP contribution in [0.5, 0.6) is 11.8 Å². The molecular weight excluding hydrogens is 503 g/mol. The number of aromatic amines is 1. The lowest BCUT2D eigenvalue weighted by Gasteiger charge is -2.53. The maximum atomic E-state index is 13.3. The average Bonchev–Trinajstić information content (AvgIpc) is 3.31. The van der Waals surface area contributed by atoms with Crippen LogP contribution in [0.25, 0.3) is 11.2 Å². The number of imidazole rings is 1. The summed E-state index contributed by atoms with van der Waals surface area (Å²) < 4.78 is 21.0. The molecular formula is C28H29FN6O4. The van der Waals surface area contributed by atoms with Crippen molar-refractivity contribution in [2.75, 3.05) is 5.32 Å². The van der Waals surface area contributed by atoms with Gasteiger partial charge in [0.15, 0.2) is 11.2 Å². The van der Waals surface area contributed by atoms with E-state index in [9.17, 15) is 14.0 Å². The van der Waals surface area contributed by atoms with Crippen molar-refractivity contribution in [3.8, 4) is 11.8 Å². The largest absolute Gasteiger partial charge is 0.478 e. The number of aryl methyl sites for hydroxylation is 1. The number of H-pyrrole nitrogens is 1. The lowest BCUT2D eigenvalue weighted by molar-refractivity contribution is 0.0696.